The minimum Gasteiger partial charge on any atom is -0.380 e. The molecule has 0 unspecified atom stereocenters. The molecule has 4 N–H and O–H groups in total. The highest BCUT2D eigenvalue weighted by atomic mass is 16.6. The van der Waals surface area contributed by atoms with Crippen LogP contribution < -0.4 is 17.1 Å². The number of nitrogens with one attached hydrogen (secondary N) is 2. The van der Waals surface area contributed by atoms with Crippen molar-refractivity contribution >= 4 is 28.5 Å². The lowest BCUT2D eigenvalue weighted by Crippen LogP contribution is -2.28. The zero-order valence-electron chi connectivity index (χ0n) is 11.3. The highest BCUT2D eigenvalue weighted by Gasteiger charge is 2.13. The van der Waals surface area contributed by atoms with Crippen molar-refractivity contribution in [3.63, 3.8) is 0 Å². The largest absolute Gasteiger partial charge is 0.380 e. The minimum atomic E-state index is -0.771. The Labute approximate surface area is 125 Å². The van der Waals surface area contributed by atoms with Crippen molar-refractivity contribution in [1.82, 2.24) is 19.6 Å². The number of aromatic nitrogens is 4. The Balaban J connectivity index is 2.04. The molecule has 3 aromatic rings. The molecular formula is C11H8N8O4. The third kappa shape index (κ3) is 2.55. The number of anilines is 1. The molecule has 116 valence electrons. The molecule has 0 aliphatic rings. The van der Waals surface area contributed by atoms with E-state index in [-0.39, 0.29) is 22.8 Å². The second-order valence-corrected chi connectivity index (χ2v) is 4.35. The maximum Gasteiger partial charge on any atom is 0.352 e. The predicted molar refractivity (Wildman–Crippen MR) is 78.1 cm³/mol. The monoisotopic (exact) mass is 316 g/mol. The van der Waals surface area contributed by atoms with E-state index in [0.29, 0.717) is 5.69 Å². The van der Waals surface area contributed by atoms with Crippen LogP contribution in [0.2, 0.25) is 0 Å². The quantitative estimate of drug-likeness (QED) is 0.362. The SMILES string of the molecule is Nc1nn2c(=O)[nH]c(=O)[nH]c2c1N=Nc1ccc([N+](=O)[O-])cc1. The molecule has 0 spiro atoms. The van der Waals surface area contributed by atoms with E-state index in [4.69, 9.17) is 5.73 Å². The van der Waals surface area contributed by atoms with Gasteiger partial charge in [-0.2, -0.15) is 9.63 Å². The van der Waals surface area contributed by atoms with Gasteiger partial charge in [-0.3, -0.25) is 20.1 Å². The first-order chi connectivity index (χ1) is 11.0. The Hall–Kier alpha value is -3.83. The highest BCUT2D eigenvalue weighted by Crippen LogP contribution is 2.27. The van der Waals surface area contributed by atoms with E-state index in [1.807, 2.05) is 4.98 Å². The Morgan fingerprint density at radius 2 is 1.87 bits per heavy atom. The van der Waals surface area contributed by atoms with Crippen molar-refractivity contribution in [3.05, 3.63) is 55.3 Å². The lowest BCUT2D eigenvalue weighted by Gasteiger charge is -1.93. The maximum atomic E-state index is 11.6. The number of aromatic amines is 2. The van der Waals surface area contributed by atoms with Crippen molar-refractivity contribution in [1.29, 1.82) is 0 Å². The number of H-pyrrole nitrogens is 2. The first-order valence-electron chi connectivity index (χ1n) is 6.13. The van der Waals surface area contributed by atoms with Crippen molar-refractivity contribution in [2.45, 2.75) is 0 Å². The number of rotatable bonds is 3. The lowest BCUT2D eigenvalue weighted by atomic mass is 10.3. The third-order valence-corrected chi connectivity index (χ3v) is 2.86. The van der Waals surface area contributed by atoms with E-state index in [0.717, 1.165) is 4.52 Å². The van der Waals surface area contributed by atoms with Crippen LogP contribution in [0, 0.1) is 10.1 Å². The number of azo groups is 1. The van der Waals surface area contributed by atoms with Gasteiger partial charge in [-0.05, 0) is 12.1 Å². The summed E-state index contributed by atoms with van der Waals surface area (Å²) in [7, 11) is 0. The van der Waals surface area contributed by atoms with Gasteiger partial charge in [-0.1, -0.05) is 0 Å². The van der Waals surface area contributed by atoms with Crippen molar-refractivity contribution < 1.29 is 4.92 Å². The number of nitrogens with two attached hydrogens (primary N) is 1. The standard InChI is InChI=1S/C11H8N8O4/c12-8-7(9-13-10(20)14-11(21)18(9)17-8)16-15-5-1-3-6(4-2-5)19(22)23/h1-4H,(H2,12,17)(H2,13,14,20,21). The average Bonchev–Trinajstić information content (AvgIpc) is 2.82. The molecule has 0 aliphatic carbocycles. The number of hydrogen-bond acceptors (Lipinski definition) is 8. The van der Waals surface area contributed by atoms with Crippen LogP contribution >= 0.6 is 0 Å². The van der Waals surface area contributed by atoms with Crippen molar-refractivity contribution in [2.75, 3.05) is 5.73 Å². The summed E-state index contributed by atoms with van der Waals surface area (Å²) in [5, 5.41) is 22.0. The first kappa shape index (κ1) is 14.1. The summed E-state index contributed by atoms with van der Waals surface area (Å²) in [5.74, 6) is -0.108. The normalized spacial score (nSPS) is 11.3. The molecule has 0 radical (unpaired) electrons. The van der Waals surface area contributed by atoms with Crippen LogP contribution in [0.5, 0.6) is 0 Å². The topological polar surface area (TPSA) is 177 Å². The lowest BCUT2D eigenvalue weighted by molar-refractivity contribution is -0.384. The van der Waals surface area contributed by atoms with E-state index in [2.05, 4.69) is 20.3 Å². The number of hydrogen-bond donors (Lipinski definition) is 3. The second kappa shape index (κ2) is 5.18. The molecule has 0 saturated carbocycles. The van der Waals surface area contributed by atoms with Gasteiger partial charge in [0.1, 0.15) is 0 Å². The molecule has 0 bridgehead atoms. The van der Waals surface area contributed by atoms with Crippen LogP contribution in [0.25, 0.3) is 5.65 Å². The summed E-state index contributed by atoms with van der Waals surface area (Å²) >= 11 is 0. The summed E-state index contributed by atoms with van der Waals surface area (Å²) < 4.78 is 0.848. The van der Waals surface area contributed by atoms with Gasteiger partial charge in [0.05, 0.1) is 10.6 Å². The van der Waals surface area contributed by atoms with Gasteiger partial charge in [0.2, 0.25) is 0 Å². The van der Waals surface area contributed by atoms with E-state index in [1.54, 1.807) is 0 Å². The molecule has 1 aromatic carbocycles. The Morgan fingerprint density at radius 1 is 1.17 bits per heavy atom. The van der Waals surface area contributed by atoms with Gasteiger partial charge >= 0.3 is 11.4 Å². The number of nitro groups is 1. The molecule has 2 heterocycles. The van der Waals surface area contributed by atoms with Gasteiger partial charge in [0, 0.05) is 12.1 Å². The molecule has 12 nitrogen and oxygen atoms in total. The minimum absolute atomic E-state index is 0.00607. The van der Waals surface area contributed by atoms with Crippen molar-refractivity contribution in [3.8, 4) is 0 Å². The van der Waals surface area contributed by atoms with Crippen LogP contribution in [0.4, 0.5) is 22.9 Å². The second-order valence-electron chi connectivity index (χ2n) is 4.35. The van der Waals surface area contributed by atoms with Gasteiger partial charge in [-0.25, -0.2) is 9.59 Å². The molecule has 3 rings (SSSR count). The predicted octanol–water partition coefficient (Wildman–Crippen LogP) is 0.617. The number of fused-ring (bicyclic) bond motifs is 1. The summed E-state index contributed by atoms with van der Waals surface area (Å²) in [6.07, 6.45) is 0. The summed E-state index contributed by atoms with van der Waals surface area (Å²) in [5.41, 5.74) is 4.37. The highest BCUT2D eigenvalue weighted by molar-refractivity contribution is 5.74. The molecule has 2 aromatic heterocycles. The molecule has 0 atom stereocenters. The van der Waals surface area contributed by atoms with Crippen LogP contribution in [0.3, 0.4) is 0 Å². The van der Waals surface area contributed by atoms with Crippen LogP contribution in [0.15, 0.2) is 44.1 Å². The Bertz CT molecular complexity index is 1040. The van der Waals surface area contributed by atoms with Crippen LogP contribution in [-0.4, -0.2) is 24.5 Å². The Kier molecular flexibility index (Phi) is 3.18. The van der Waals surface area contributed by atoms with Gasteiger partial charge in [0.25, 0.3) is 5.69 Å². The van der Waals surface area contributed by atoms with Crippen LogP contribution in [0.1, 0.15) is 0 Å². The molecule has 0 amide bonds. The number of benzene rings is 1. The van der Waals surface area contributed by atoms with Gasteiger partial charge in [-0.15, -0.1) is 10.2 Å². The Morgan fingerprint density at radius 3 is 2.52 bits per heavy atom. The third-order valence-electron chi connectivity index (χ3n) is 2.86. The maximum absolute atomic E-state index is 11.6. The van der Waals surface area contributed by atoms with Crippen molar-refractivity contribution in [2.24, 2.45) is 10.2 Å². The fraction of sp³-hybridized carbons (Fsp3) is 0. The van der Waals surface area contributed by atoms with E-state index in [9.17, 15) is 19.7 Å². The fourth-order valence-corrected chi connectivity index (χ4v) is 1.82. The fourth-order valence-electron chi connectivity index (χ4n) is 1.82. The number of nitrogen functional groups attached to an aromatic ring is 1. The molecule has 23 heavy (non-hydrogen) atoms. The van der Waals surface area contributed by atoms with E-state index in [1.165, 1.54) is 24.3 Å². The number of nitro benzene ring substituents is 1. The van der Waals surface area contributed by atoms with Gasteiger partial charge < -0.3 is 5.73 Å². The van der Waals surface area contributed by atoms with Crippen LogP contribution in [-0.2, 0) is 0 Å². The molecular weight excluding hydrogens is 308 g/mol. The summed E-state index contributed by atoms with van der Waals surface area (Å²) in [6, 6.07) is 5.30. The first-order valence-corrected chi connectivity index (χ1v) is 6.13. The van der Waals surface area contributed by atoms with E-state index >= 15 is 0 Å². The smallest absolute Gasteiger partial charge is 0.352 e. The molecule has 0 aliphatic heterocycles. The molecule has 0 fully saturated rings. The molecule has 0 saturated heterocycles. The zero-order chi connectivity index (χ0) is 16.6. The molecule has 12 heteroatoms. The summed E-state index contributed by atoms with van der Waals surface area (Å²) in [4.78, 5) is 37.2. The van der Waals surface area contributed by atoms with Gasteiger partial charge in [0.15, 0.2) is 17.2 Å². The number of nitrogens with zero attached hydrogens (tertiary/aromatic N) is 5. The number of non-ortho nitro benzene ring substituents is 1. The van der Waals surface area contributed by atoms with E-state index < -0.39 is 16.3 Å². The average molecular weight is 316 g/mol. The summed E-state index contributed by atoms with van der Waals surface area (Å²) in [6.45, 7) is 0. The zero-order valence-corrected chi connectivity index (χ0v) is 11.3.